The highest BCUT2D eigenvalue weighted by atomic mass is 16.5. The Kier molecular flexibility index (Phi) is 5.51. The van der Waals surface area contributed by atoms with Crippen molar-refractivity contribution in [1.29, 1.82) is 0 Å². The summed E-state index contributed by atoms with van der Waals surface area (Å²) in [5.74, 6) is 2.17. The molecular formula is C19H25N3O2. The highest BCUT2D eigenvalue weighted by Gasteiger charge is 2.19. The van der Waals surface area contributed by atoms with E-state index in [9.17, 15) is 4.79 Å². The van der Waals surface area contributed by atoms with Gasteiger partial charge in [0.1, 0.15) is 11.6 Å². The van der Waals surface area contributed by atoms with E-state index in [2.05, 4.69) is 27.0 Å². The largest absolute Gasteiger partial charge is 0.497 e. The Morgan fingerprint density at radius 1 is 1.33 bits per heavy atom. The molecule has 2 heterocycles. The number of carbonyl (C=O) groups is 1. The first-order chi connectivity index (χ1) is 11.7. The van der Waals surface area contributed by atoms with Gasteiger partial charge in [0.2, 0.25) is 5.91 Å². The molecule has 5 nitrogen and oxygen atoms in total. The average molecular weight is 327 g/mol. The van der Waals surface area contributed by atoms with Crippen LogP contribution in [0.2, 0.25) is 0 Å². The molecule has 1 amide bonds. The molecular weight excluding hydrogens is 302 g/mol. The summed E-state index contributed by atoms with van der Waals surface area (Å²) in [7, 11) is 1.67. The molecule has 24 heavy (non-hydrogen) atoms. The van der Waals surface area contributed by atoms with E-state index in [-0.39, 0.29) is 11.9 Å². The molecule has 3 rings (SSSR count). The molecule has 0 fully saturated rings. The minimum Gasteiger partial charge on any atom is -0.497 e. The van der Waals surface area contributed by atoms with E-state index in [0.717, 1.165) is 50.2 Å². The summed E-state index contributed by atoms with van der Waals surface area (Å²) in [6.07, 6.45) is 9.28. The third-order valence-corrected chi connectivity index (χ3v) is 4.58. The summed E-state index contributed by atoms with van der Waals surface area (Å²) in [6, 6.07) is 8.37. The zero-order valence-corrected chi connectivity index (χ0v) is 14.2. The Bertz CT molecular complexity index is 664. The maximum Gasteiger partial charge on any atom is 0.220 e. The van der Waals surface area contributed by atoms with Gasteiger partial charge in [-0.1, -0.05) is 12.1 Å². The van der Waals surface area contributed by atoms with E-state index >= 15 is 0 Å². The van der Waals surface area contributed by atoms with Gasteiger partial charge in [0, 0.05) is 37.8 Å². The van der Waals surface area contributed by atoms with Crippen molar-refractivity contribution in [2.24, 2.45) is 0 Å². The maximum absolute atomic E-state index is 12.1. The molecule has 1 aliphatic rings. The number of imidazole rings is 1. The van der Waals surface area contributed by atoms with Crippen molar-refractivity contribution in [3.63, 3.8) is 0 Å². The molecule has 0 saturated carbocycles. The molecule has 0 bridgehead atoms. The fourth-order valence-corrected chi connectivity index (χ4v) is 3.19. The fourth-order valence-electron chi connectivity index (χ4n) is 3.19. The Balaban J connectivity index is 1.34. The van der Waals surface area contributed by atoms with Crippen LogP contribution in [0, 0.1) is 0 Å². The first-order valence-electron chi connectivity index (χ1n) is 8.67. The second-order valence-electron chi connectivity index (χ2n) is 6.35. The number of carbonyl (C=O) groups excluding carboxylic acids is 1. The number of fused-ring (bicyclic) bond motifs is 1. The summed E-state index contributed by atoms with van der Waals surface area (Å²) in [6.45, 7) is 0.840. The van der Waals surface area contributed by atoms with Gasteiger partial charge in [0.25, 0.3) is 0 Å². The number of unbranched alkanes of at least 4 members (excludes halogenated alkanes) is 1. The summed E-state index contributed by atoms with van der Waals surface area (Å²) in [4.78, 5) is 16.4. The number of methoxy groups -OCH3 is 1. The molecule has 0 spiro atoms. The van der Waals surface area contributed by atoms with Crippen LogP contribution >= 0.6 is 0 Å². The SMILES string of the molecule is COc1ccc(CCCCC(=O)N[C@H]2CCc3nccn3C2)cc1. The Hall–Kier alpha value is -2.30. The minimum atomic E-state index is 0.165. The second kappa shape index (κ2) is 7.99. The maximum atomic E-state index is 12.1. The van der Waals surface area contributed by atoms with E-state index < -0.39 is 0 Å². The highest BCUT2D eigenvalue weighted by molar-refractivity contribution is 5.76. The van der Waals surface area contributed by atoms with Crippen LogP contribution in [0.15, 0.2) is 36.7 Å². The summed E-state index contributed by atoms with van der Waals surface area (Å²) in [5, 5.41) is 3.16. The van der Waals surface area contributed by atoms with Crippen LogP contribution in [0.3, 0.4) is 0 Å². The number of rotatable bonds is 7. The normalized spacial score (nSPS) is 16.5. The smallest absolute Gasteiger partial charge is 0.220 e. The first kappa shape index (κ1) is 16.6. The third-order valence-electron chi connectivity index (χ3n) is 4.58. The van der Waals surface area contributed by atoms with Gasteiger partial charge in [-0.25, -0.2) is 4.98 Å². The molecule has 1 aliphatic heterocycles. The topological polar surface area (TPSA) is 56.1 Å². The summed E-state index contributed by atoms with van der Waals surface area (Å²) >= 11 is 0. The molecule has 1 aromatic heterocycles. The molecule has 1 N–H and O–H groups in total. The Morgan fingerprint density at radius 2 is 2.17 bits per heavy atom. The minimum absolute atomic E-state index is 0.165. The average Bonchev–Trinajstić information content (AvgIpc) is 3.07. The Morgan fingerprint density at radius 3 is 2.96 bits per heavy atom. The van der Waals surface area contributed by atoms with Crippen molar-refractivity contribution in [3.8, 4) is 5.75 Å². The van der Waals surface area contributed by atoms with Gasteiger partial charge in [-0.3, -0.25) is 4.79 Å². The molecule has 1 atom stereocenters. The van der Waals surface area contributed by atoms with Gasteiger partial charge < -0.3 is 14.6 Å². The number of hydrogen-bond acceptors (Lipinski definition) is 3. The fraction of sp³-hybridized carbons (Fsp3) is 0.474. The lowest BCUT2D eigenvalue weighted by molar-refractivity contribution is -0.122. The van der Waals surface area contributed by atoms with Crippen LogP contribution in [0.1, 0.15) is 37.1 Å². The van der Waals surface area contributed by atoms with Crippen LogP contribution in [0.25, 0.3) is 0 Å². The van der Waals surface area contributed by atoms with Crippen LogP contribution in [0.4, 0.5) is 0 Å². The van der Waals surface area contributed by atoms with Crippen LogP contribution in [-0.2, 0) is 24.2 Å². The lowest BCUT2D eigenvalue weighted by atomic mass is 10.1. The number of aromatic nitrogens is 2. The molecule has 1 aromatic carbocycles. The highest BCUT2D eigenvalue weighted by Crippen LogP contribution is 2.15. The van der Waals surface area contributed by atoms with E-state index in [4.69, 9.17) is 4.74 Å². The van der Waals surface area contributed by atoms with Crippen LogP contribution in [0.5, 0.6) is 5.75 Å². The third kappa shape index (κ3) is 4.37. The molecule has 0 unspecified atom stereocenters. The number of nitrogens with zero attached hydrogens (tertiary/aromatic N) is 2. The first-order valence-corrected chi connectivity index (χ1v) is 8.67. The number of nitrogens with one attached hydrogen (secondary N) is 1. The van der Waals surface area contributed by atoms with Gasteiger partial charge in [-0.05, 0) is 43.4 Å². The molecule has 0 aliphatic carbocycles. The molecule has 128 valence electrons. The molecule has 0 saturated heterocycles. The van der Waals surface area contributed by atoms with Gasteiger partial charge >= 0.3 is 0 Å². The summed E-state index contributed by atoms with van der Waals surface area (Å²) < 4.78 is 7.29. The lowest BCUT2D eigenvalue weighted by Crippen LogP contribution is -2.40. The van der Waals surface area contributed by atoms with E-state index in [0.29, 0.717) is 6.42 Å². The van der Waals surface area contributed by atoms with Crippen molar-refractivity contribution in [3.05, 3.63) is 48.0 Å². The van der Waals surface area contributed by atoms with Gasteiger partial charge in [-0.2, -0.15) is 0 Å². The van der Waals surface area contributed by atoms with E-state index in [1.165, 1.54) is 5.56 Å². The zero-order valence-electron chi connectivity index (χ0n) is 14.2. The van der Waals surface area contributed by atoms with Gasteiger partial charge in [0.15, 0.2) is 0 Å². The zero-order chi connectivity index (χ0) is 16.8. The molecule has 5 heteroatoms. The second-order valence-corrected chi connectivity index (χ2v) is 6.35. The summed E-state index contributed by atoms with van der Waals surface area (Å²) in [5.41, 5.74) is 1.29. The quantitative estimate of drug-likeness (QED) is 0.796. The van der Waals surface area contributed by atoms with Crippen molar-refractivity contribution < 1.29 is 9.53 Å². The van der Waals surface area contributed by atoms with Crippen LogP contribution in [-0.4, -0.2) is 28.6 Å². The standard InChI is InChI=1S/C19H25N3O2/c1-24-17-9-6-15(7-10-17)4-2-3-5-19(23)21-16-8-11-18-20-12-13-22(18)14-16/h6-7,9-10,12-13,16H,2-5,8,11,14H2,1H3,(H,21,23)/t16-/m0/s1. The predicted molar refractivity (Wildman–Crippen MR) is 93.0 cm³/mol. The van der Waals surface area contributed by atoms with Gasteiger partial charge in [0.05, 0.1) is 7.11 Å². The lowest BCUT2D eigenvalue weighted by Gasteiger charge is -2.24. The monoisotopic (exact) mass is 327 g/mol. The van der Waals surface area contributed by atoms with Crippen molar-refractivity contribution in [2.45, 2.75) is 51.1 Å². The van der Waals surface area contributed by atoms with Crippen molar-refractivity contribution in [2.75, 3.05) is 7.11 Å². The number of hydrogen-bond donors (Lipinski definition) is 1. The molecule has 2 aromatic rings. The van der Waals surface area contributed by atoms with Crippen LogP contribution < -0.4 is 10.1 Å². The Labute approximate surface area is 143 Å². The van der Waals surface area contributed by atoms with Crippen molar-refractivity contribution >= 4 is 5.91 Å². The van der Waals surface area contributed by atoms with E-state index in [1.54, 1.807) is 7.11 Å². The predicted octanol–water partition coefficient (Wildman–Crippen LogP) is 2.74. The van der Waals surface area contributed by atoms with Crippen molar-refractivity contribution in [1.82, 2.24) is 14.9 Å². The number of amides is 1. The number of aryl methyl sites for hydroxylation is 2. The number of benzene rings is 1. The van der Waals surface area contributed by atoms with Gasteiger partial charge in [-0.15, -0.1) is 0 Å². The number of ether oxygens (including phenoxy) is 1. The molecule has 0 radical (unpaired) electrons. The van der Waals surface area contributed by atoms with E-state index in [1.807, 2.05) is 24.5 Å².